The van der Waals surface area contributed by atoms with Crippen LogP contribution in [-0.4, -0.2) is 4.98 Å². The minimum absolute atomic E-state index is 0.0300. The number of alkyl halides is 3. The predicted octanol–water partition coefficient (Wildman–Crippen LogP) is 4.28. The van der Waals surface area contributed by atoms with Crippen LogP contribution in [-0.2, 0) is 5.88 Å². The lowest BCUT2D eigenvalue weighted by Gasteiger charge is -2.08. The molecule has 13 heavy (non-hydrogen) atoms. The largest absolute Gasteiger partial charge is 0.266 e. The van der Waals surface area contributed by atoms with Gasteiger partial charge in [-0.2, -0.15) is 0 Å². The molecular weight excluding hydrogens is 331 g/mol. The molecule has 0 aliphatic carbocycles. The van der Waals surface area contributed by atoms with Crippen LogP contribution in [0.4, 0.5) is 8.78 Å². The van der Waals surface area contributed by atoms with E-state index in [0.29, 0.717) is 9.08 Å². The molecule has 0 saturated carbocycles. The number of hydrogen-bond acceptors (Lipinski definition) is 1. The maximum Gasteiger partial charge on any atom is 0.266 e. The van der Waals surface area contributed by atoms with Crippen LogP contribution in [0.3, 0.4) is 0 Å². The molecule has 0 atom stereocenters. The first kappa shape index (κ1) is 11.3. The Morgan fingerprint density at radius 1 is 1.46 bits per heavy atom. The molecule has 0 spiro atoms. The first-order chi connectivity index (χ1) is 6.06. The monoisotopic (exact) mass is 333 g/mol. The van der Waals surface area contributed by atoms with Crippen molar-refractivity contribution in [1.29, 1.82) is 0 Å². The highest BCUT2D eigenvalue weighted by Gasteiger charge is 2.18. The van der Waals surface area contributed by atoms with Crippen molar-refractivity contribution in [2.24, 2.45) is 0 Å². The second-order valence-electron chi connectivity index (χ2n) is 2.22. The van der Waals surface area contributed by atoms with Crippen molar-refractivity contribution >= 4 is 43.5 Å². The molecule has 0 aliphatic heterocycles. The van der Waals surface area contributed by atoms with E-state index in [1.807, 2.05) is 0 Å². The summed E-state index contributed by atoms with van der Waals surface area (Å²) in [4.78, 5) is 3.85. The summed E-state index contributed by atoms with van der Waals surface area (Å²) in [5, 5.41) is 0. The van der Waals surface area contributed by atoms with Gasteiger partial charge in [0.05, 0.1) is 17.1 Å². The minimum Gasteiger partial charge on any atom is -0.244 e. The summed E-state index contributed by atoms with van der Waals surface area (Å²) in [5.41, 5.74) is 0.0520. The number of aromatic nitrogens is 1. The zero-order chi connectivity index (χ0) is 10.0. The lowest BCUT2D eigenvalue weighted by molar-refractivity contribution is 0.149. The predicted molar refractivity (Wildman–Crippen MR) is 54.2 cm³/mol. The summed E-state index contributed by atoms with van der Waals surface area (Å²) in [6.45, 7) is 0. The molecule has 0 unspecified atom stereocenters. The Bertz CT molecular complexity index is 320. The molecule has 1 aromatic rings. The van der Waals surface area contributed by atoms with E-state index in [-0.39, 0.29) is 17.1 Å². The number of rotatable bonds is 2. The fourth-order valence-electron chi connectivity index (χ4n) is 0.874. The van der Waals surface area contributed by atoms with Gasteiger partial charge in [-0.25, -0.2) is 13.8 Å². The third-order valence-corrected chi connectivity index (χ3v) is 2.72. The molecule has 0 bridgehead atoms. The Morgan fingerprint density at radius 3 is 2.54 bits per heavy atom. The van der Waals surface area contributed by atoms with E-state index in [9.17, 15) is 8.78 Å². The molecule has 6 heteroatoms. The summed E-state index contributed by atoms with van der Waals surface area (Å²) in [6, 6.07) is 1.47. The highest BCUT2D eigenvalue weighted by molar-refractivity contribution is 9.11. The smallest absolute Gasteiger partial charge is 0.244 e. The van der Waals surface area contributed by atoms with Crippen LogP contribution in [0, 0.1) is 0 Å². The Labute approximate surface area is 95.8 Å². The van der Waals surface area contributed by atoms with Gasteiger partial charge in [0.15, 0.2) is 0 Å². The van der Waals surface area contributed by atoms with Gasteiger partial charge in [0.1, 0.15) is 4.60 Å². The van der Waals surface area contributed by atoms with E-state index in [0.717, 1.165) is 0 Å². The van der Waals surface area contributed by atoms with E-state index < -0.39 is 6.43 Å². The lowest BCUT2D eigenvalue weighted by atomic mass is 10.2. The van der Waals surface area contributed by atoms with Crippen LogP contribution in [0.25, 0.3) is 0 Å². The van der Waals surface area contributed by atoms with Crippen LogP contribution in [0.15, 0.2) is 15.1 Å². The summed E-state index contributed by atoms with van der Waals surface area (Å²) < 4.78 is 25.7. The molecule has 0 N–H and O–H groups in total. The van der Waals surface area contributed by atoms with E-state index in [1.165, 1.54) is 6.07 Å². The van der Waals surface area contributed by atoms with Crippen molar-refractivity contribution < 1.29 is 8.78 Å². The summed E-state index contributed by atoms with van der Waals surface area (Å²) in [6.07, 6.45) is -2.57. The molecule has 72 valence electrons. The third-order valence-electron chi connectivity index (χ3n) is 1.40. The van der Waals surface area contributed by atoms with Crippen molar-refractivity contribution in [3.8, 4) is 0 Å². The number of halogens is 5. The van der Waals surface area contributed by atoms with Gasteiger partial charge in [0.2, 0.25) is 0 Å². The van der Waals surface area contributed by atoms with Crippen LogP contribution in [0.5, 0.6) is 0 Å². The fraction of sp³-hybridized carbons (Fsp3) is 0.286. The van der Waals surface area contributed by atoms with Gasteiger partial charge < -0.3 is 0 Å². The van der Waals surface area contributed by atoms with Gasteiger partial charge in [-0.05, 0) is 22.0 Å². The molecule has 0 aliphatic rings. The molecular formula is C7H4Br2ClF2N. The Hall–Kier alpha value is 0.260. The Kier molecular flexibility index (Phi) is 4.06. The number of nitrogens with zero attached hydrogens (tertiary/aromatic N) is 1. The first-order valence-electron chi connectivity index (χ1n) is 3.25. The molecule has 0 amide bonds. The van der Waals surface area contributed by atoms with Crippen LogP contribution < -0.4 is 0 Å². The quantitative estimate of drug-likeness (QED) is 0.581. The average Bonchev–Trinajstić information content (AvgIpc) is 2.01. The molecule has 1 heterocycles. The van der Waals surface area contributed by atoms with Crippen LogP contribution in [0.2, 0.25) is 0 Å². The molecule has 1 aromatic heterocycles. The second-order valence-corrected chi connectivity index (χ2v) is 4.16. The van der Waals surface area contributed by atoms with E-state index in [2.05, 4.69) is 36.8 Å². The highest BCUT2D eigenvalue weighted by Crippen LogP contribution is 2.32. The standard InChI is InChI=1S/C7H4Br2ClF2N/c8-3-1-5(9)13-4(2-10)6(3)7(11)12/h1,7H,2H2. The minimum atomic E-state index is -2.57. The van der Waals surface area contributed by atoms with Gasteiger partial charge in [0, 0.05) is 4.47 Å². The summed E-state index contributed by atoms with van der Waals surface area (Å²) in [7, 11) is 0. The maximum atomic E-state index is 12.5. The summed E-state index contributed by atoms with van der Waals surface area (Å²) in [5.74, 6) is -0.0300. The van der Waals surface area contributed by atoms with Gasteiger partial charge in [-0.1, -0.05) is 15.9 Å². The van der Waals surface area contributed by atoms with Gasteiger partial charge in [-0.3, -0.25) is 0 Å². The average molecular weight is 335 g/mol. The molecule has 0 aromatic carbocycles. The lowest BCUT2D eigenvalue weighted by Crippen LogP contribution is -1.98. The van der Waals surface area contributed by atoms with Gasteiger partial charge in [0.25, 0.3) is 6.43 Å². The SMILES string of the molecule is FC(F)c1c(Br)cc(Br)nc1CCl. The molecule has 1 rings (SSSR count). The van der Waals surface area contributed by atoms with Crippen molar-refractivity contribution in [2.45, 2.75) is 12.3 Å². The van der Waals surface area contributed by atoms with E-state index in [1.54, 1.807) is 0 Å². The summed E-state index contributed by atoms with van der Waals surface area (Å²) >= 11 is 11.6. The number of hydrogen-bond donors (Lipinski definition) is 0. The zero-order valence-corrected chi connectivity index (χ0v) is 10.1. The molecule has 0 fully saturated rings. The van der Waals surface area contributed by atoms with Crippen molar-refractivity contribution in [3.05, 3.63) is 26.4 Å². The van der Waals surface area contributed by atoms with Crippen molar-refractivity contribution in [2.75, 3.05) is 0 Å². The molecule has 0 saturated heterocycles. The Morgan fingerprint density at radius 2 is 2.08 bits per heavy atom. The van der Waals surface area contributed by atoms with Crippen LogP contribution >= 0.6 is 43.5 Å². The zero-order valence-electron chi connectivity index (χ0n) is 6.20. The fourth-order valence-corrected chi connectivity index (χ4v) is 2.45. The first-order valence-corrected chi connectivity index (χ1v) is 5.37. The van der Waals surface area contributed by atoms with Gasteiger partial charge in [-0.15, -0.1) is 11.6 Å². The second kappa shape index (κ2) is 4.66. The number of pyridine rings is 1. The molecule has 1 nitrogen and oxygen atoms in total. The van der Waals surface area contributed by atoms with Crippen LogP contribution in [0.1, 0.15) is 17.7 Å². The van der Waals surface area contributed by atoms with Crippen molar-refractivity contribution in [3.63, 3.8) is 0 Å². The Balaban J connectivity index is 3.30. The highest BCUT2D eigenvalue weighted by atomic mass is 79.9. The topological polar surface area (TPSA) is 12.9 Å². The third kappa shape index (κ3) is 2.60. The van der Waals surface area contributed by atoms with Crippen molar-refractivity contribution in [1.82, 2.24) is 4.98 Å². The van der Waals surface area contributed by atoms with Gasteiger partial charge >= 0.3 is 0 Å². The maximum absolute atomic E-state index is 12.5. The normalized spacial score (nSPS) is 10.9. The van der Waals surface area contributed by atoms with E-state index in [4.69, 9.17) is 11.6 Å². The van der Waals surface area contributed by atoms with E-state index >= 15 is 0 Å². The molecule has 0 radical (unpaired) electrons.